The molecule has 1 aliphatic heterocycles. The molecular weight excluding hydrogens is 402 g/mol. The van der Waals surface area contributed by atoms with Crippen LogP contribution in [-0.4, -0.2) is 34.1 Å². The zero-order valence-electron chi connectivity index (χ0n) is 15.0. The lowest BCUT2D eigenvalue weighted by atomic mass is 10.2. The molecule has 2 aromatic carbocycles. The number of benzene rings is 2. The second kappa shape index (κ2) is 9.35. The fourth-order valence-electron chi connectivity index (χ4n) is 2.64. The molecule has 0 radical (unpaired) electrons. The van der Waals surface area contributed by atoms with Gasteiger partial charge in [-0.1, -0.05) is 23.7 Å². The molecular formula is C18H22ClN5O3S. The van der Waals surface area contributed by atoms with Crippen molar-refractivity contribution in [2.75, 3.05) is 25.0 Å². The molecule has 1 saturated heterocycles. The number of carbonyl (C=O) groups is 1. The third-order valence-corrected chi connectivity index (χ3v) is 5.93. The molecule has 0 aromatic heterocycles. The van der Waals surface area contributed by atoms with Crippen molar-refractivity contribution < 1.29 is 13.2 Å². The standard InChI is InChI=1S/C18H22ClN5O3S/c19-15-3-1-13(2-4-15)12-23-28(26,27)17-7-5-16(6-8-17)24-18(25)20-9-14-10-21-22-11-14/h1-8,14,21-23H,9-12H2,(H2,20,24,25). The number of carbonyl (C=O) groups excluding carboxylic acids is 1. The maximum absolute atomic E-state index is 12.4. The van der Waals surface area contributed by atoms with Crippen molar-refractivity contribution in [3.63, 3.8) is 0 Å². The maximum atomic E-state index is 12.4. The number of rotatable bonds is 7. The SMILES string of the molecule is O=C(NCC1CNNC1)Nc1ccc(S(=O)(=O)NCc2ccc(Cl)cc2)cc1. The molecule has 0 atom stereocenters. The summed E-state index contributed by atoms with van der Waals surface area (Å²) in [6.45, 7) is 2.31. The van der Waals surface area contributed by atoms with Crippen LogP contribution in [0.4, 0.5) is 10.5 Å². The van der Waals surface area contributed by atoms with Gasteiger partial charge in [0.05, 0.1) is 4.90 Å². The van der Waals surface area contributed by atoms with Gasteiger partial charge in [0.25, 0.3) is 0 Å². The summed E-state index contributed by atoms with van der Waals surface area (Å²) in [4.78, 5) is 12.1. The average molecular weight is 424 g/mol. The Bertz CT molecular complexity index is 898. The predicted octanol–water partition coefficient (Wildman–Crippen LogP) is 1.66. The van der Waals surface area contributed by atoms with Crippen LogP contribution in [0.2, 0.25) is 5.02 Å². The Morgan fingerprint density at radius 3 is 2.32 bits per heavy atom. The lowest BCUT2D eigenvalue weighted by Gasteiger charge is -2.11. The van der Waals surface area contributed by atoms with E-state index >= 15 is 0 Å². The largest absolute Gasteiger partial charge is 0.337 e. The van der Waals surface area contributed by atoms with Crippen LogP contribution in [0.15, 0.2) is 53.4 Å². The fourth-order valence-corrected chi connectivity index (χ4v) is 3.79. The van der Waals surface area contributed by atoms with Gasteiger partial charge in [-0.05, 0) is 42.0 Å². The number of sulfonamides is 1. The molecule has 1 heterocycles. The van der Waals surface area contributed by atoms with E-state index in [1.807, 2.05) is 0 Å². The highest BCUT2D eigenvalue weighted by molar-refractivity contribution is 7.89. The van der Waals surface area contributed by atoms with Crippen LogP contribution in [0.3, 0.4) is 0 Å². The Hall–Kier alpha value is -2.17. The van der Waals surface area contributed by atoms with Gasteiger partial charge >= 0.3 is 6.03 Å². The van der Waals surface area contributed by atoms with Crippen molar-refractivity contribution in [3.05, 3.63) is 59.1 Å². The van der Waals surface area contributed by atoms with Crippen LogP contribution in [0.1, 0.15) is 5.56 Å². The van der Waals surface area contributed by atoms with Crippen LogP contribution in [0.25, 0.3) is 0 Å². The first kappa shape index (κ1) is 20.6. The number of halogens is 1. The molecule has 8 nitrogen and oxygen atoms in total. The van der Waals surface area contributed by atoms with Gasteiger partial charge in [0.2, 0.25) is 10.0 Å². The summed E-state index contributed by atoms with van der Waals surface area (Å²) in [7, 11) is -3.66. The molecule has 150 valence electrons. The number of hydrogen-bond acceptors (Lipinski definition) is 5. The van der Waals surface area contributed by atoms with E-state index < -0.39 is 10.0 Å². The van der Waals surface area contributed by atoms with Gasteiger partial charge in [-0.2, -0.15) is 0 Å². The highest BCUT2D eigenvalue weighted by Crippen LogP contribution is 2.15. The number of hydrazine groups is 1. The topological polar surface area (TPSA) is 111 Å². The van der Waals surface area contributed by atoms with Crippen LogP contribution in [0.5, 0.6) is 0 Å². The molecule has 2 aromatic rings. The molecule has 0 unspecified atom stereocenters. The Kier molecular flexibility index (Phi) is 6.87. The maximum Gasteiger partial charge on any atom is 0.319 e. The average Bonchev–Trinajstić information content (AvgIpc) is 3.20. The highest BCUT2D eigenvalue weighted by atomic mass is 35.5. The number of hydrogen-bond donors (Lipinski definition) is 5. The molecule has 1 fully saturated rings. The molecule has 1 aliphatic rings. The summed E-state index contributed by atoms with van der Waals surface area (Å²) >= 11 is 5.82. The van der Waals surface area contributed by atoms with E-state index in [2.05, 4.69) is 26.2 Å². The monoisotopic (exact) mass is 423 g/mol. The van der Waals surface area contributed by atoms with Gasteiger partial charge in [-0.3, -0.25) is 10.9 Å². The molecule has 10 heteroatoms. The molecule has 28 heavy (non-hydrogen) atoms. The van der Waals surface area contributed by atoms with E-state index in [1.165, 1.54) is 12.1 Å². The van der Waals surface area contributed by atoms with Gasteiger partial charge in [0.1, 0.15) is 0 Å². The van der Waals surface area contributed by atoms with E-state index in [1.54, 1.807) is 36.4 Å². The van der Waals surface area contributed by atoms with Crippen molar-refractivity contribution in [1.82, 2.24) is 20.9 Å². The third kappa shape index (κ3) is 5.91. The summed E-state index contributed by atoms with van der Waals surface area (Å²) in [5.74, 6) is 0.338. The van der Waals surface area contributed by atoms with Crippen molar-refractivity contribution >= 4 is 33.3 Å². The Morgan fingerprint density at radius 2 is 1.68 bits per heavy atom. The van der Waals surface area contributed by atoms with Gasteiger partial charge in [-0.25, -0.2) is 17.9 Å². The molecule has 0 saturated carbocycles. The predicted molar refractivity (Wildman–Crippen MR) is 108 cm³/mol. The summed E-state index contributed by atoms with van der Waals surface area (Å²) in [5, 5.41) is 6.07. The van der Waals surface area contributed by atoms with Gasteiger partial charge in [-0.15, -0.1) is 0 Å². The van der Waals surface area contributed by atoms with Crippen LogP contribution < -0.4 is 26.2 Å². The minimum atomic E-state index is -3.66. The fraction of sp³-hybridized carbons (Fsp3) is 0.278. The summed E-state index contributed by atoms with van der Waals surface area (Å²) in [6.07, 6.45) is 0. The first-order valence-corrected chi connectivity index (χ1v) is 10.6. The Balaban J connectivity index is 1.51. The third-order valence-electron chi connectivity index (χ3n) is 4.26. The second-order valence-corrected chi connectivity index (χ2v) is 8.64. The Morgan fingerprint density at radius 1 is 1.04 bits per heavy atom. The van der Waals surface area contributed by atoms with Gasteiger partial charge < -0.3 is 10.6 Å². The molecule has 2 amide bonds. The minimum Gasteiger partial charge on any atom is -0.337 e. The molecule has 0 bridgehead atoms. The van der Waals surface area contributed by atoms with Crippen molar-refractivity contribution in [3.8, 4) is 0 Å². The van der Waals surface area contributed by atoms with E-state index in [0.717, 1.165) is 18.7 Å². The van der Waals surface area contributed by atoms with Crippen LogP contribution in [-0.2, 0) is 16.6 Å². The zero-order chi connectivity index (χ0) is 20.0. The number of amides is 2. The quantitative estimate of drug-likeness (QED) is 0.465. The summed E-state index contributed by atoms with van der Waals surface area (Å²) in [5.41, 5.74) is 7.31. The smallest absolute Gasteiger partial charge is 0.319 e. The van der Waals surface area contributed by atoms with E-state index in [4.69, 9.17) is 11.6 Å². The minimum absolute atomic E-state index is 0.121. The van der Waals surface area contributed by atoms with E-state index in [0.29, 0.717) is 23.2 Å². The van der Waals surface area contributed by atoms with Crippen molar-refractivity contribution in [1.29, 1.82) is 0 Å². The second-order valence-electron chi connectivity index (χ2n) is 6.44. The normalized spacial score (nSPS) is 14.8. The zero-order valence-corrected chi connectivity index (χ0v) is 16.6. The first-order chi connectivity index (χ1) is 13.4. The summed E-state index contributed by atoms with van der Waals surface area (Å²) < 4.78 is 27.4. The lowest BCUT2D eigenvalue weighted by Crippen LogP contribution is -2.34. The number of nitrogens with one attached hydrogen (secondary N) is 5. The molecule has 0 aliphatic carbocycles. The van der Waals surface area contributed by atoms with Crippen LogP contribution in [0, 0.1) is 5.92 Å². The molecule has 5 N–H and O–H groups in total. The molecule has 3 rings (SSSR count). The molecule has 0 spiro atoms. The number of anilines is 1. The highest BCUT2D eigenvalue weighted by Gasteiger charge is 2.16. The van der Waals surface area contributed by atoms with Crippen molar-refractivity contribution in [2.45, 2.75) is 11.4 Å². The van der Waals surface area contributed by atoms with Crippen molar-refractivity contribution in [2.24, 2.45) is 5.92 Å². The lowest BCUT2D eigenvalue weighted by molar-refractivity contribution is 0.250. The number of urea groups is 1. The van der Waals surface area contributed by atoms with E-state index in [-0.39, 0.29) is 17.5 Å². The van der Waals surface area contributed by atoms with E-state index in [9.17, 15) is 13.2 Å². The van der Waals surface area contributed by atoms with Gasteiger partial charge in [0.15, 0.2) is 0 Å². The summed E-state index contributed by atoms with van der Waals surface area (Å²) in [6, 6.07) is 12.6. The Labute approximate surface area is 169 Å². The van der Waals surface area contributed by atoms with Crippen LogP contribution >= 0.6 is 11.6 Å². The first-order valence-electron chi connectivity index (χ1n) is 8.77. The van der Waals surface area contributed by atoms with Gasteiger partial charge in [0, 0.05) is 42.8 Å².